The predicted molar refractivity (Wildman–Crippen MR) is 113 cm³/mol. The van der Waals surface area contributed by atoms with E-state index in [1.807, 2.05) is 37.2 Å². The first-order chi connectivity index (χ1) is 14.1. The van der Waals surface area contributed by atoms with Crippen LogP contribution in [0.3, 0.4) is 0 Å². The maximum Gasteiger partial charge on any atom is 0.253 e. The summed E-state index contributed by atoms with van der Waals surface area (Å²) in [7, 11) is 3.88. The highest BCUT2D eigenvalue weighted by Gasteiger charge is 2.21. The maximum absolute atomic E-state index is 12.5. The molecule has 1 fully saturated rings. The van der Waals surface area contributed by atoms with Crippen LogP contribution < -0.4 is 15.4 Å². The summed E-state index contributed by atoms with van der Waals surface area (Å²) in [5, 5.41) is 0. The fourth-order valence-electron chi connectivity index (χ4n) is 3.59. The standard InChI is InChI=1S/C21H25N7O/c1-26(2)21-23-9-5-19(25-21)27-10-6-16(7-11-27)14-28-15-24-18(12-20(28)29)17-4-3-8-22-13-17/h3-5,8-9,12-13,15-16H,6-7,10-11,14H2,1-2H3. The molecule has 1 aliphatic rings. The molecule has 0 bridgehead atoms. The van der Waals surface area contributed by atoms with Crippen molar-refractivity contribution in [3.05, 3.63) is 59.5 Å². The Morgan fingerprint density at radius 2 is 1.97 bits per heavy atom. The number of hydrogen-bond donors (Lipinski definition) is 0. The van der Waals surface area contributed by atoms with Gasteiger partial charge in [-0.15, -0.1) is 0 Å². The van der Waals surface area contributed by atoms with E-state index in [2.05, 4.69) is 24.8 Å². The molecule has 1 aliphatic heterocycles. The average Bonchev–Trinajstić information content (AvgIpc) is 2.76. The highest BCUT2D eigenvalue weighted by Crippen LogP contribution is 2.23. The second-order valence-electron chi connectivity index (χ2n) is 7.55. The lowest BCUT2D eigenvalue weighted by molar-refractivity contribution is 0.350. The molecule has 4 rings (SSSR count). The van der Waals surface area contributed by atoms with Crippen LogP contribution in [0.15, 0.2) is 54.0 Å². The van der Waals surface area contributed by atoms with Crippen LogP contribution in [0.2, 0.25) is 0 Å². The molecule has 0 atom stereocenters. The fourth-order valence-corrected chi connectivity index (χ4v) is 3.59. The summed E-state index contributed by atoms with van der Waals surface area (Å²) >= 11 is 0. The summed E-state index contributed by atoms with van der Waals surface area (Å²) in [5.74, 6) is 2.13. The zero-order valence-corrected chi connectivity index (χ0v) is 16.8. The number of hydrogen-bond acceptors (Lipinski definition) is 7. The predicted octanol–water partition coefficient (Wildman–Crippen LogP) is 2.08. The summed E-state index contributed by atoms with van der Waals surface area (Å²) in [6.45, 7) is 2.54. The van der Waals surface area contributed by atoms with Gasteiger partial charge in [0, 0.05) is 63.9 Å². The molecule has 150 valence electrons. The van der Waals surface area contributed by atoms with Gasteiger partial charge >= 0.3 is 0 Å². The van der Waals surface area contributed by atoms with Crippen molar-refractivity contribution in [3.8, 4) is 11.3 Å². The van der Waals surface area contributed by atoms with Gasteiger partial charge < -0.3 is 9.80 Å². The van der Waals surface area contributed by atoms with Crippen LogP contribution in [0.25, 0.3) is 11.3 Å². The molecule has 8 nitrogen and oxygen atoms in total. The summed E-state index contributed by atoms with van der Waals surface area (Å²) in [4.78, 5) is 34.2. The lowest BCUT2D eigenvalue weighted by atomic mass is 9.96. The summed E-state index contributed by atoms with van der Waals surface area (Å²) in [6.07, 6.45) is 8.91. The minimum absolute atomic E-state index is 0.0206. The molecule has 0 spiro atoms. The molecule has 8 heteroatoms. The van der Waals surface area contributed by atoms with Crippen LogP contribution in [0.5, 0.6) is 0 Å². The number of nitrogens with zero attached hydrogens (tertiary/aromatic N) is 7. The Kier molecular flexibility index (Phi) is 5.50. The van der Waals surface area contributed by atoms with E-state index in [4.69, 9.17) is 0 Å². The Morgan fingerprint density at radius 1 is 1.14 bits per heavy atom. The molecule has 0 aliphatic carbocycles. The number of rotatable bonds is 5. The van der Waals surface area contributed by atoms with Crippen LogP contribution >= 0.6 is 0 Å². The Bertz CT molecular complexity index is 1010. The van der Waals surface area contributed by atoms with Gasteiger partial charge in [0.25, 0.3) is 5.56 Å². The van der Waals surface area contributed by atoms with E-state index in [0.717, 1.165) is 43.3 Å². The lowest BCUT2D eigenvalue weighted by Crippen LogP contribution is -2.37. The molecule has 0 radical (unpaired) electrons. The summed E-state index contributed by atoms with van der Waals surface area (Å²) < 4.78 is 1.72. The van der Waals surface area contributed by atoms with Crippen molar-refractivity contribution in [1.82, 2.24) is 24.5 Å². The van der Waals surface area contributed by atoms with Crippen molar-refractivity contribution in [1.29, 1.82) is 0 Å². The van der Waals surface area contributed by atoms with E-state index in [1.54, 1.807) is 35.6 Å². The number of aromatic nitrogens is 5. The van der Waals surface area contributed by atoms with E-state index in [0.29, 0.717) is 18.2 Å². The van der Waals surface area contributed by atoms with Crippen molar-refractivity contribution in [3.63, 3.8) is 0 Å². The Balaban J connectivity index is 1.39. The van der Waals surface area contributed by atoms with Crippen LogP contribution in [0, 0.1) is 5.92 Å². The van der Waals surface area contributed by atoms with Gasteiger partial charge in [0.15, 0.2) is 0 Å². The van der Waals surface area contributed by atoms with Gasteiger partial charge in [-0.25, -0.2) is 9.97 Å². The molecule has 0 unspecified atom stereocenters. The third-order valence-electron chi connectivity index (χ3n) is 5.26. The Morgan fingerprint density at radius 3 is 2.66 bits per heavy atom. The van der Waals surface area contributed by atoms with Gasteiger partial charge in [0.05, 0.1) is 12.0 Å². The van der Waals surface area contributed by atoms with E-state index in [9.17, 15) is 4.79 Å². The van der Waals surface area contributed by atoms with Crippen LogP contribution in [0.4, 0.5) is 11.8 Å². The normalized spacial score (nSPS) is 14.8. The van der Waals surface area contributed by atoms with Crippen molar-refractivity contribution >= 4 is 11.8 Å². The second-order valence-corrected chi connectivity index (χ2v) is 7.55. The van der Waals surface area contributed by atoms with Crippen molar-refractivity contribution in [2.24, 2.45) is 5.92 Å². The zero-order chi connectivity index (χ0) is 20.2. The highest BCUT2D eigenvalue weighted by atomic mass is 16.1. The van der Waals surface area contributed by atoms with Gasteiger partial charge in [0.2, 0.25) is 5.95 Å². The van der Waals surface area contributed by atoms with Crippen LogP contribution in [-0.4, -0.2) is 51.7 Å². The van der Waals surface area contributed by atoms with Gasteiger partial charge in [-0.2, -0.15) is 4.98 Å². The molecular weight excluding hydrogens is 366 g/mol. The van der Waals surface area contributed by atoms with E-state index in [1.165, 1.54) is 0 Å². The van der Waals surface area contributed by atoms with Gasteiger partial charge in [-0.1, -0.05) is 0 Å². The third kappa shape index (κ3) is 4.42. The molecule has 0 amide bonds. The average molecular weight is 391 g/mol. The van der Waals surface area contributed by atoms with Gasteiger partial charge in [0.1, 0.15) is 5.82 Å². The maximum atomic E-state index is 12.5. The van der Waals surface area contributed by atoms with Crippen LogP contribution in [0.1, 0.15) is 12.8 Å². The van der Waals surface area contributed by atoms with Gasteiger partial charge in [-0.3, -0.25) is 14.3 Å². The molecular formula is C21H25N7O. The SMILES string of the molecule is CN(C)c1nccc(N2CCC(Cn3cnc(-c4cccnc4)cc3=O)CC2)n1. The van der Waals surface area contributed by atoms with Gasteiger partial charge in [-0.05, 0) is 37.0 Å². The minimum atomic E-state index is -0.0206. The molecule has 3 aromatic rings. The first-order valence-electron chi connectivity index (χ1n) is 9.82. The van der Waals surface area contributed by atoms with E-state index >= 15 is 0 Å². The first-order valence-corrected chi connectivity index (χ1v) is 9.82. The number of anilines is 2. The fraction of sp³-hybridized carbons (Fsp3) is 0.381. The van der Waals surface area contributed by atoms with E-state index in [-0.39, 0.29) is 5.56 Å². The quantitative estimate of drug-likeness (QED) is 0.659. The summed E-state index contributed by atoms with van der Waals surface area (Å²) in [5.41, 5.74) is 1.49. The Hall–Kier alpha value is -3.29. The molecule has 3 aromatic heterocycles. The molecule has 1 saturated heterocycles. The molecule has 0 saturated carbocycles. The lowest BCUT2D eigenvalue weighted by Gasteiger charge is -2.33. The third-order valence-corrected chi connectivity index (χ3v) is 5.26. The van der Waals surface area contributed by atoms with E-state index < -0.39 is 0 Å². The second kappa shape index (κ2) is 8.38. The monoisotopic (exact) mass is 391 g/mol. The number of piperidine rings is 1. The highest BCUT2D eigenvalue weighted by molar-refractivity contribution is 5.56. The van der Waals surface area contributed by atoms with Crippen LogP contribution in [-0.2, 0) is 6.54 Å². The topological polar surface area (TPSA) is 80.0 Å². The van der Waals surface area contributed by atoms with Crippen molar-refractivity contribution in [2.45, 2.75) is 19.4 Å². The molecule has 4 heterocycles. The molecule has 0 aromatic carbocycles. The minimum Gasteiger partial charge on any atom is -0.356 e. The number of pyridine rings is 1. The smallest absolute Gasteiger partial charge is 0.253 e. The largest absolute Gasteiger partial charge is 0.356 e. The summed E-state index contributed by atoms with van der Waals surface area (Å²) in [6, 6.07) is 7.30. The molecule has 0 N–H and O–H groups in total. The zero-order valence-electron chi connectivity index (χ0n) is 16.8. The Labute approximate surface area is 169 Å². The van der Waals surface area contributed by atoms with Crippen molar-refractivity contribution in [2.75, 3.05) is 37.0 Å². The first kappa shape index (κ1) is 19.0. The molecule has 29 heavy (non-hydrogen) atoms. The van der Waals surface area contributed by atoms with Crippen molar-refractivity contribution < 1.29 is 0 Å².